The lowest BCUT2D eigenvalue weighted by molar-refractivity contribution is -0.122. The van der Waals surface area contributed by atoms with Gasteiger partial charge in [0.2, 0.25) is 11.8 Å². The molecule has 1 atom stereocenters. The molecule has 1 rings (SSSR count). The highest BCUT2D eigenvalue weighted by atomic mass is 33.1. The van der Waals surface area contributed by atoms with Crippen LogP contribution in [-0.4, -0.2) is 60.3 Å². The predicted molar refractivity (Wildman–Crippen MR) is 159 cm³/mol. The Hall–Kier alpha value is -0.880. The van der Waals surface area contributed by atoms with Crippen LogP contribution in [0.2, 0.25) is 0 Å². The van der Waals surface area contributed by atoms with Crippen molar-refractivity contribution in [3.8, 4) is 12.3 Å². The maximum atomic E-state index is 12.0. The average Bonchev–Trinajstić information content (AvgIpc) is 3.35. The van der Waals surface area contributed by atoms with Crippen LogP contribution in [-0.2, 0) is 19.1 Å². The number of rotatable bonds is 22. The van der Waals surface area contributed by atoms with Crippen molar-refractivity contribution in [1.29, 1.82) is 0 Å². The van der Waals surface area contributed by atoms with Gasteiger partial charge in [0.15, 0.2) is 0 Å². The normalized spacial score (nSPS) is 15.9. The van der Waals surface area contributed by atoms with Gasteiger partial charge in [-0.3, -0.25) is 9.59 Å². The number of carbonyl (C=O) groups excluding carboxylic acids is 2. The van der Waals surface area contributed by atoms with E-state index in [1.807, 2.05) is 21.6 Å². The molecule has 0 aromatic heterocycles. The average molecular weight is 557 g/mol. The SMILES string of the molecule is C#CCNC(=O)CCCCCC(C)(C)OCCC(C)(C)OCCCNC(=O)CCCCC[C@@H]1CCSS1. The molecular weight excluding hydrogens is 504 g/mol. The van der Waals surface area contributed by atoms with Gasteiger partial charge in [0.25, 0.3) is 0 Å². The van der Waals surface area contributed by atoms with E-state index in [0.717, 1.165) is 56.6 Å². The quantitative estimate of drug-likeness (QED) is 0.0929. The van der Waals surface area contributed by atoms with Gasteiger partial charge in [0.1, 0.15) is 0 Å². The molecule has 1 saturated heterocycles. The van der Waals surface area contributed by atoms with Crippen LogP contribution in [0.5, 0.6) is 0 Å². The van der Waals surface area contributed by atoms with Crippen LogP contribution in [0.3, 0.4) is 0 Å². The van der Waals surface area contributed by atoms with Gasteiger partial charge in [0, 0.05) is 37.0 Å². The Morgan fingerprint density at radius 1 is 0.865 bits per heavy atom. The lowest BCUT2D eigenvalue weighted by Gasteiger charge is -2.30. The van der Waals surface area contributed by atoms with Gasteiger partial charge in [-0.15, -0.1) is 6.42 Å². The molecule has 1 heterocycles. The summed E-state index contributed by atoms with van der Waals surface area (Å²) in [4.78, 5) is 23.6. The van der Waals surface area contributed by atoms with E-state index < -0.39 is 0 Å². The Morgan fingerprint density at radius 3 is 2.19 bits per heavy atom. The summed E-state index contributed by atoms with van der Waals surface area (Å²) in [6, 6.07) is 0. The highest BCUT2D eigenvalue weighted by Crippen LogP contribution is 2.39. The first-order valence-corrected chi connectivity index (χ1v) is 16.5. The molecular formula is C29H52N2O4S2. The van der Waals surface area contributed by atoms with Crippen molar-refractivity contribution >= 4 is 33.4 Å². The highest BCUT2D eigenvalue weighted by Gasteiger charge is 2.22. The second-order valence-electron chi connectivity index (χ2n) is 11.1. The van der Waals surface area contributed by atoms with Crippen LogP contribution >= 0.6 is 21.6 Å². The molecule has 8 heteroatoms. The minimum atomic E-state index is -0.262. The third kappa shape index (κ3) is 19.8. The topological polar surface area (TPSA) is 76.7 Å². The fourth-order valence-corrected chi connectivity index (χ4v) is 7.13. The van der Waals surface area contributed by atoms with Gasteiger partial charge >= 0.3 is 0 Å². The number of amides is 2. The fraction of sp³-hybridized carbons (Fsp3) is 0.862. The zero-order valence-corrected chi connectivity index (χ0v) is 25.5. The third-order valence-electron chi connectivity index (χ3n) is 6.56. The molecule has 1 aliphatic heterocycles. The summed E-state index contributed by atoms with van der Waals surface area (Å²) in [5.41, 5.74) is -0.456. The second kappa shape index (κ2) is 20.1. The number of hydrogen-bond acceptors (Lipinski definition) is 6. The van der Waals surface area contributed by atoms with Crippen molar-refractivity contribution in [2.45, 2.75) is 128 Å². The number of ether oxygens (including phenoxy) is 2. The van der Waals surface area contributed by atoms with Crippen LogP contribution in [0.1, 0.15) is 111 Å². The number of terminal acetylenes is 1. The van der Waals surface area contributed by atoms with Crippen molar-refractivity contribution in [1.82, 2.24) is 10.6 Å². The maximum Gasteiger partial charge on any atom is 0.220 e. The molecule has 0 saturated carbocycles. The van der Waals surface area contributed by atoms with Gasteiger partial charge in [-0.2, -0.15) is 0 Å². The van der Waals surface area contributed by atoms with E-state index in [1.54, 1.807) is 0 Å². The Balaban J connectivity index is 1.99. The molecule has 2 N–H and O–H groups in total. The monoisotopic (exact) mass is 556 g/mol. The summed E-state index contributed by atoms with van der Waals surface area (Å²) in [5.74, 6) is 3.89. The van der Waals surface area contributed by atoms with Crippen molar-refractivity contribution in [3.05, 3.63) is 0 Å². The number of hydrogen-bond donors (Lipinski definition) is 2. The maximum absolute atomic E-state index is 12.0. The Bertz CT molecular complexity index is 673. The second-order valence-corrected chi connectivity index (χ2v) is 13.9. The lowest BCUT2D eigenvalue weighted by Crippen LogP contribution is -2.32. The van der Waals surface area contributed by atoms with Crippen LogP contribution in [0.4, 0.5) is 0 Å². The standard InChI is InChI=1S/C29H52N2O4S2/c1-6-20-30-26(32)16-11-8-12-18-28(2,3)35-23-19-29(4,5)34-22-13-21-31-27(33)15-10-7-9-14-25-17-24-36-37-25/h1,25H,7-24H2,2-5H3,(H,30,32)(H,31,33)/t25-/m1/s1. The molecule has 0 aromatic carbocycles. The zero-order chi connectivity index (χ0) is 27.4. The van der Waals surface area contributed by atoms with E-state index >= 15 is 0 Å². The first-order chi connectivity index (χ1) is 17.6. The van der Waals surface area contributed by atoms with E-state index in [9.17, 15) is 9.59 Å². The summed E-state index contributed by atoms with van der Waals surface area (Å²) in [5, 5.41) is 6.56. The van der Waals surface area contributed by atoms with Gasteiger partial charge in [-0.1, -0.05) is 53.2 Å². The summed E-state index contributed by atoms with van der Waals surface area (Å²) < 4.78 is 12.2. The molecule has 0 radical (unpaired) electrons. The van der Waals surface area contributed by atoms with E-state index in [2.05, 4.69) is 44.2 Å². The molecule has 6 nitrogen and oxygen atoms in total. The van der Waals surface area contributed by atoms with Gasteiger partial charge in [-0.25, -0.2) is 0 Å². The highest BCUT2D eigenvalue weighted by molar-refractivity contribution is 8.77. The number of unbranched alkanes of at least 4 members (excludes halogenated alkanes) is 4. The summed E-state index contributed by atoms with van der Waals surface area (Å²) in [7, 11) is 4.04. The Kier molecular flexibility index (Phi) is 18.5. The minimum Gasteiger partial charge on any atom is -0.375 e. The minimum absolute atomic E-state index is 0.0249. The smallest absolute Gasteiger partial charge is 0.220 e. The summed E-state index contributed by atoms with van der Waals surface area (Å²) >= 11 is 0. The van der Waals surface area contributed by atoms with Crippen molar-refractivity contribution < 1.29 is 19.1 Å². The molecule has 37 heavy (non-hydrogen) atoms. The molecule has 0 aliphatic carbocycles. The molecule has 214 valence electrons. The van der Waals surface area contributed by atoms with Crippen LogP contribution < -0.4 is 10.6 Å². The van der Waals surface area contributed by atoms with Gasteiger partial charge in [0.05, 0.1) is 24.4 Å². The van der Waals surface area contributed by atoms with Crippen molar-refractivity contribution in [3.63, 3.8) is 0 Å². The molecule has 1 aliphatic rings. The number of carbonyl (C=O) groups is 2. The molecule has 2 amide bonds. The third-order valence-corrected chi connectivity index (χ3v) is 9.57. The van der Waals surface area contributed by atoms with Crippen LogP contribution in [0.15, 0.2) is 0 Å². The first kappa shape index (κ1) is 34.1. The number of nitrogens with one attached hydrogen (secondary N) is 2. The zero-order valence-electron chi connectivity index (χ0n) is 23.8. The Labute approximate surface area is 234 Å². The van der Waals surface area contributed by atoms with Crippen LogP contribution in [0, 0.1) is 12.3 Å². The van der Waals surface area contributed by atoms with E-state index in [4.69, 9.17) is 15.9 Å². The van der Waals surface area contributed by atoms with Crippen LogP contribution in [0.25, 0.3) is 0 Å². The largest absolute Gasteiger partial charge is 0.375 e. The fourth-order valence-electron chi connectivity index (χ4n) is 4.10. The summed E-state index contributed by atoms with van der Waals surface area (Å²) in [6.07, 6.45) is 17.8. The molecule has 0 aromatic rings. The molecule has 0 bridgehead atoms. The lowest BCUT2D eigenvalue weighted by atomic mass is 9.99. The first-order valence-electron chi connectivity index (χ1n) is 14.2. The Morgan fingerprint density at radius 2 is 1.51 bits per heavy atom. The molecule has 0 unspecified atom stereocenters. The van der Waals surface area contributed by atoms with Crippen molar-refractivity contribution in [2.24, 2.45) is 0 Å². The summed E-state index contributed by atoms with van der Waals surface area (Å²) in [6.45, 7) is 10.7. The van der Waals surface area contributed by atoms with Gasteiger partial charge < -0.3 is 20.1 Å². The van der Waals surface area contributed by atoms with E-state index in [-0.39, 0.29) is 23.0 Å². The predicted octanol–water partition coefficient (Wildman–Crippen LogP) is 6.28. The van der Waals surface area contributed by atoms with E-state index in [1.165, 1.54) is 25.0 Å². The van der Waals surface area contributed by atoms with Crippen molar-refractivity contribution in [2.75, 3.05) is 32.1 Å². The molecule has 1 fully saturated rings. The molecule has 0 spiro atoms. The van der Waals surface area contributed by atoms with Gasteiger partial charge in [-0.05, 0) is 72.6 Å². The van der Waals surface area contributed by atoms with E-state index in [0.29, 0.717) is 39.1 Å².